The molecule has 0 bridgehead atoms. The third-order valence-corrected chi connectivity index (χ3v) is 27.2. The summed E-state index contributed by atoms with van der Waals surface area (Å²) in [5.41, 5.74) is 15.5. The molecule has 0 saturated heterocycles. The summed E-state index contributed by atoms with van der Waals surface area (Å²) in [4.78, 5) is 30.6. The third kappa shape index (κ3) is 11.7. The van der Waals surface area contributed by atoms with E-state index in [-0.39, 0.29) is 0 Å². The van der Waals surface area contributed by atoms with Crippen LogP contribution in [0.1, 0.15) is 0 Å². The van der Waals surface area contributed by atoms with E-state index in [9.17, 15) is 0 Å². The van der Waals surface area contributed by atoms with E-state index in [1.165, 1.54) is 157 Å². The molecule has 6 heterocycles. The van der Waals surface area contributed by atoms with Crippen LogP contribution in [0.15, 0.2) is 376 Å². The maximum absolute atomic E-state index is 5.18. The van der Waals surface area contributed by atoms with Gasteiger partial charge in [0, 0.05) is 114 Å². The van der Waals surface area contributed by atoms with Crippen molar-refractivity contribution in [3.63, 3.8) is 0 Å². The highest BCUT2D eigenvalue weighted by Gasteiger charge is 2.22. The lowest BCUT2D eigenvalue weighted by Crippen LogP contribution is -2.00. The Kier molecular flexibility index (Phi) is 16.3. The Morgan fingerprint density at radius 1 is 0.138 bits per heavy atom. The van der Waals surface area contributed by atoms with Crippen LogP contribution in [-0.2, 0) is 0 Å². The number of fused-ring (bicyclic) bond motifs is 18. The van der Waals surface area contributed by atoms with E-state index in [0.717, 1.165) is 44.5 Å². The molecule has 0 atom stereocenters. The molecule has 0 fully saturated rings. The van der Waals surface area contributed by atoms with Gasteiger partial charge in [-0.05, 0) is 173 Å². The van der Waals surface area contributed by atoms with Crippen molar-refractivity contribution in [3.8, 4) is 113 Å². The molecule has 24 rings (SSSR count). The lowest BCUT2D eigenvalue weighted by atomic mass is 9.92. The molecule has 0 radical (unpaired) electrons. The van der Waals surface area contributed by atoms with Gasteiger partial charge in [-0.2, -0.15) is 0 Å². The summed E-state index contributed by atoms with van der Waals surface area (Å²) in [6.07, 6.45) is 0. The summed E-state index contributed by atoms with van der Waals surface area (Å²) in [6, 6.07) is 135. The molecule has 0 unspecified atom stereocenters. The second-order valence-corrected chi connectivity index (χ2v) is 33.8. The first-order valence-corrected chi connectivity index (χ1v) is 42.1. The largest absolute Gasteiger partial charge is 0.208 e. The average molecular weight is 1550 g/mol. The van der Waals surface area contributed by atoms with Gasteiger partial charge in [0.2, 0.25) is 0 Å². The zero-order valence-electron chi connectivity index (χ0n) is 62.1. The lowest BCUT2D eigenvalue weighted by Gasteiger charge is -2.12. The quantitative estimate of drug-likeness (QED) is 0.127. The first-order valence-electron chi connectivity index (χ1n) is 38.8. The van der Waals surface area contributed by atoms with Gasteiger partial charge in [0.25, 0.3) is 0 Å². The van der Waals surface area contributed by atoms with Gasteiger partial charge in [-0.15, -0.1) is 45.3 Å². The molecule has 6 nitrogen and oxygen atoms in total. The second-order valence-electron chi connectivity index (χ2n) is 29.5. The molecule has 0 aliphatic heterocycles. The van der Waals surface area contributed by atoms with Gasteiger partial charge in [-0.1, -0.05) is 291 Å². The molecular weight excluding hydrogens is 1490 g/mol. The number of nitrogens with zero attached hydrogens (tertiary/aromatic N) is 6. The SMILES string of the molecule is c1ccc(-c2nc(-c3ccc(-c4cccc5sc6ccc(-c7cc8ccccc8c8ccccc78)cc6c45)cc3)nc(-c3ccc4sc5ccccc5c4c3)n2)cc1.c1ccc(-c2nc(-c3ccc(-c4cccc5sc6ccc(-c7cc8ccccc8c8ccccc78)cc6c45)cc3)nc(-c3cccc4sc5ccccc5c34)n2)cc1. The van der Waals surface area contributed by atoms with Crippen LogP contribution in [0.4, 0.5) is 0 Å². The minimum Gasteiger partial charge on any atom is -0.208 e. The van der Waals surface area contributed by atoms with Gasteiger partial charge in [0.05, 0.1) is 0 Å². The zero-order chi connectivity index (χ0) is 76.3. The zero-order valence-corrected chi connectivity index (χ0v) is 65.4. The molecule has 116 heavy (non-hydrogen) atoms. The van der Waals surface area contributed by atoms with Gasteiger partial charge in [0.1, 0.15) is 0 Å². The molecule has 0 aliphatic rings. The minimum absolute atomic E-state index is 0.650. The molecule has 6 aromatic heterocycles. The molecule has 0 spiro atoms. The topological polar surface area (TPSA) is 77.3 Å². The van der Waals surface area contributed by atoms with Crippen molar-refractivity contribution in [3.05, 3.63) is 376 Å². The molecule has 0 amide bonds. The number of thiophene rings is 4. The predicted molar refractivity (Wildman–Crippen MR) is 496 cm³/mol. The Labute approximate surface area is 682 Å². The highest BCUT2D eigenvalue weighted by atomic mass is 32.1. The summed E-state index contributed by atoms with van der Waals surface area (Å²) in [6.45, 7) is 0. The number of aromatic nitrogens is 6. The van der Waals surface area contributed by atoms with E-state index in [0.29, 0.717) is 34.9 Å². The second kappa shape index (κ2) is 27.9. The van der Waals surface area contributed by atoms with Gasteiger partial charge < -0.3 is 0 Å². The van der Waals surface area contributed by atoms with Crippen molar-refractivity contribution in [2.75, 3.05) is 0 Å². The van der Waals surface area contributed by atoms with Gasteiger partial charge >= 0.3 is 0 Å². The maximum atomic E-state index is 5.18. The van der Waals surface area contributed by atoms with Crippen molar-refractivity contribution in [2.45, 2.75) is 0 Å². The highest BCUT2D eigenvalue weighted by Crippen LogP contribution is 2.48. The monoisotopic (exact) mass is 1550 g/mol. The Morgan fingerprint density at radius 2 is 0.431 bits per heavy atom. The fraction of sp³-hybridized carbons (Fsp3) is 0. The average Bonchev–Trinajstić information content (AvgIpc) is 1.22. The van der Waals surface area contributed by atoms with Crippen LogP contribution in [0.3, 0.4) is 0 Å². The van der Waals surface area contributed by atoms with Crippen LogP contribution in [0.25, 0.3) is 237 Å². The fourth-order valence-corrected chi connectivity index (χ4v) is 21.6. The number of rotatable bonds is 10. The van der Waals surface area contributed by atoms with Gasteiger partial charge in [0.15, 0.2) is 34.9 Å². The highest BCUT2D eigenvalue weighted by molar-refractivity contribution is 7.27. The molecule has 0 saturated carbocycles. The summed E-state index contributed by atoms with van der Waals surface area (Å²) in [7, 11) is 0. The van der Waals surface area contributed by atoms with Gasteiger partial charge in [-0.3, -0.25) is 0 Å². The van der Waals surface area contributed by atoms with E-state index < -0.39 is 0 Å². The van der Waals surface area contributed by atoms with Crippen LogP contribution < -0.4 is 0 Å². The molecule has 540 valence electrons. The van der Waals surface area contributed by atoms with Crippen molar-refractivity contribution in [1.82, 2.24) is 29.9 Å². The molecule has 0 N–H and O–H groups in total. The molecular formula is C106H62N6S4. The summed E-state index contributed by atoms with van der Waals surface area (Å²) >= 11 is 7.33. The van der Waals surface area contributed by atoms with Crippen molar-refractivity contribution < 1.29 is 0 Å². The summed E-state index contributed by atoms with van der Waals surface area (Å²) in [5, 5.41) is 20.2. The molecule has 10 heteroatoms. The fourth-order valence-electron chi connectivity index (χ4n) is 17.2. The summed E-state index contributed by atoms with van der Waals surface area (Å²) < 4.78 is 10.1. The Morgan fingerprint density at radius 3 is 0.905 bits per heavy atom. The number of hydrogen-bond acceptors (Lipinski definition) is 10. The standard InChI is InChI=1S/2C53H31N3S2/c1-2-12-33(13-3-1)51-54-52(56-53(55-51)42-20-11-23-48-50(42)41-18-8-9-21-45(41)57-48)34-26-24-32(25-27-34)38-19-10-22-47-49(38)44-31-36(28-29-46(44)58-47)43-30-35-14-4-5-15-37(35)39-16-6-7-17-40(39)43;1-2-11-33(12-3-1)51-54-52(56-53(55-51)37-26-28-47-44(31-37)42-17-8-9-19-46(42)57-47)34-23-21-32(22-24-34)39-18-10-20-49-50(39)45-30-36(25-27-48(45)58-49)43-29-35-13-4-5-14-38(35)40-15-6-7-16-41(40)43/h2*1-31H. The Balaban J connectivity index is 0.000000137. The van der Waals surface area contributed by atoms with Crippen LogP contribution in [0, 0.1) is 0 Å². The van der Waals surface area contributed by atoms with E-state index in [1.54, 1.807) is 11.3 Å². The van der Waals surface area contributed by atoms with Crippen molar-refractivity contribution in [1.29, 1.82) is 0 Å². The first-order chi connectivity index (χ1) is 57.4. The van der Waals surface area contributed by atoms with E-state index >= 15 is 0 Å². The molecule has 0 aliphatic carbocycles. The summed E-state index contributed by atoms with van der Waals surface area (Å²) in [5.74, 6) is 3.95. The van der Waals surface area contributed by atoms with Crippen LogP contribution in [0.5, 0.6) is 0 Å². The van der Waals surface area contributed by atoms with E-state index in [2.05, 4.69) is 340 Å². The van der Waals surface area contributed by atoms with Crippen LogP contribution >= 0.6 is 45.3 Å². The number of benzene rings is 18. The van der Waals surface area contributed by atoms with Crippen molar-refractivity contribution >= 4 is 169 Å². The first kappa shape index (κ1) is 67.6. The maximum Gasteiger partial charge on any atom is 0.164 e. The van der Waals surface area contributed by atoms with E-state index in [1.807, 2.05) is 70.4 Å². The molecule has 18 aromatic carbocycles. The van der Waals surface area contributed by atoms with Gasteiger partial charge in [-0.25, -0.2) is 29.9 Å². The lowest BCUT2D eigenvalue weighted by molar-refractivity contribution is 1.07. The predicted octanol–water partition coefficient (Wildman–Crippen LogP) is 30.5. The number of hydrogen-bond donors (Lipinski definition) is 0. The van der Waals surface area contributed by atoms with Crippen LogP contribution in [0.2, 0.25) is 0 Å². The third-order valence-electron chi connectivity index (χ3n) is 22.7. The Hall–Kier alpha value is -14.1. The van der Waals surface area contributed by atoms with Crippen molar-refractivity contribution in [2.24, 2.45) is 0 Å². The van der Waals surface area contributed by atoms with E-state index in [4.69, 9.17) is 29.9 Å². The normalized spacial score (nSPS) is 11.8. The smallest absolute Gasteiger partial charge is 0.164 e. The molecule has 24 aromatic rings. The Bertz CT molecular complexity index is 8080. The minimum atomic E-state index is 0.650. The van der Waals surface area contributed by atoms with Crippen LogP contribution in [-0.4, -0.2) is 29.9 Å².